The number of nitrogens with one attached hydrogen (secondary N) is 1. The van der Waals surface area contributed by atoms with Crippen LogP contribution < -0.4 is 10.5 Å². The second-order valence-corrected chi connectivity index (χ2v) is 9.22. The van der Waals surface area contributed by atoms with E-state index < -0.39 is 20.8 Å². The lowest BCUT2D eigenvalue weighted by atomic mass is 10.3. The Bertz CT molecular complexity index is 525. The normalized spacial score (nSPS) is 15.3. The highest BCUT2D eigenvalue weighted by molar-refractivity contribution is 7.91. The van der Waals surface area contributed by atoms with Gasteiger partial charge in [-0.2, -0.15) is 0 Å². The van der Waals surface area contributed by atoms with Crippen molar-refractivity contribution in [3.63, 3.8) is 0 Å². The summed E-state index contributed by atoms with van der Waals surface area (Å²) in [5.41, 5.74) is 5.43. The zero-order valence-corrected chi connectivity index (χ0v) is 13.5. The van der Waals surface area contributed by atoms with E-state index in [1.54, 1.807) is 18.4 Å². The fourth-order valence-corrected chi connectivity index (χ4v) is 4.33. The molecule has 0 fully saturated rings. The summed E-state index contributed by atoms with van der Waals surface area (Å²) in [6.07, 6.45) is 2.87. The highest BCUT2D eigenvalue weighted by Gasteiger charge is 2.17. The molecule has 0 aliphatic carbocycles. The molecule has 0 amide bonds. The second kappa shape index (κ2) is 7.49. The van der Waals surface area contributed by atoms with Crippen LogP contribution in [-0.4, -0.2) is 37.2 Å². The van der Waals surface area contributed by atoms with Crippen LogP contribution in [-0.2, 0) is 27.2 Å². The van der Waals surface area contributed by atoms with Crippen LogP contribution in [0.3, 0.4) is 0 Å². The first-order valence-corrected chi connectivity index (χ1v) is 9.89. The summed E-state index contributed by atoms with van der Waals surface area (Å²) in [5, 5.41) is -0.0150. The maximum absolute atomic E-state index is 12.0. The average molecular weight is 324 g/mol. The van der Waals surface area contributed by atoms with E-state index in [4.69, 9.17) is 5.73 Å². The van der Waals surface area contributed by atoms with Gasteiger partial charge < -0.3 is 5.73 Å². The molecule has 1 heterocycles. The molecule has 0 saturated carbocycles. The Balaban J connectivity index is 2.57. The van der Waals surface area contributed by atoms with E-state index in [0.29, 0.717) is 30.1 Å². The minimum Gasteiger partial charge on any atom is -0.330 e. The molecule has 0 aromatic carbocycles. The van der Waals surface area contributed by atoms with E-state index >= 15 is 0 Å². The predicted octanol–water partition coefficient (Wildman–Crippen LogP) is 0.685. The highest BCUT2D eigenvalue weighted by atomic mass is 32.2. The Morgan fingerprint density at radius 3 is 2.74 bits per heavy atom. The fourth-order valence-electron chi connectivity index (χ4n) is 1.41. The summed E-state index contributed by atoms with van der Waals surface area (Å²) in [7, 11) is -4.38. The van der Waals surface area contributed by atoms with Gasteiger partial charge >= 0.3 is 0 Å². The first-order chi connectivity index (χ1) is 8.86. The zero-order valence-electron chi connectivity index (χ0n) is 11.1. The number of nitrogens with two attached hydrogens (primary N) is 1. The number of rotatable bonds is 8. The molecule has 0 saturated heterocycles. The van der Waals surface area contributed by atoms with Crippen molar-refractivity contribution >= 4 is 32.2 Å². The number of hydrogen-bond donors (Lipinski definition) is 2. The highest BCUT2D eigenvalue weighted by Crippen LogP contribution is 2.21. The van der Waals surface area contributed by atoms with E-state index in [2.05, 4.69) is 4.72 Å². The summed E-state index contributed by atoms with van der Waals surface area (Å²) in [5.74, 6) is 0. The van der Waals surface area contributed by atoms with Gasteiger partial charge in [0.05, 0.1) is 0 Å². The maximum Gasteiger partial charge on any atom is 0.250 e. The molecule has 110 valence electrons. The van der Waals surface area contributed by atoms with E-state index in [1.807, 2.05) is 6.92 Å². The molecular weight excluding hydrogens is 304 g/mol. The fraction of sp³-hybridized carbons (Fsp3) is 0.636. The SMILES string of the molecule is CC(CCNS(=O)(=O)c1ccc(CCN)s1)S(C)=O. The lowest BCUT2D eigenvalue weighted by Gasteiger charge is -2.08. The Morgan fingerprint density at radius 1 is 1.47 bits per heavy atom. The summed E-state index contributed by atoms with van der Waals surface area (Å²) >= 11 is 1.24. The summed E-state index contributed by atoms with van der Waals surface area (Å²) < 4.78 is 38.0. The predicted molar refractivity (Wildman–Crippen MR) is 80.4 cm³/mol. The van der Waals surface area contributed by atoms with Crippen LogP contribution in [0, 0.1) is 0 Å². The van der Waals surface area contributed by atoms with Crippen LogP contribution >= 0.6 is 11.3 Å². The van der Waals surface area contributed by atoms with Crippen molar-refractivity contribution < 1.29 is 12.6 Å². The van der Waals surface area contributed by atoms with Gasteiger partial charge in [-0.15, -0.1) is 11.3 Å². The van der Waals surface area contributed by atoms with Gasteiger partial charge in [0.25, 0.3) is 0 Å². The van der Waals surface area contributed by atoms with Gasteiger partial charge in [0.1, 0.15) is 4.21 Å². The minimum absolute atomic E-state index is 0.0150. The molecule has 0 bridgehead atoms. The minimum atomic E-state index is -3.45. The molecule has 0 aliphatic heterocycles. The Hall–Kier alpha value is -0.280. The van der Waals surface area contributed by atoms with E-state index in [9.17, 15) is 12.6 Å². The van der Waals surface area contributed by atoms with Crippen LogP contribution in [0.4, 0.5) is 0 Å². The van der Waals surface area contributed by atoms with Crippen LogP contribution in [0.5, 0.6) is 0 Å². The average Bonchev–Trinajstić information content (AvgIpc) is 2.78. The molecule has 0 spiro atoms. The quantitative estimate of drug-likeness (QED) is 0.736. The number of sulfonamides is 1. The van der Waals surface area contributed by atoms with E-state index in [0.717, 1.165) is 4.88 Å². The van der Waals surface area contributed by atoms with Crippen molar-refractivity contribution in [3.8, 4) is 0 Å². The van der Waals surface area contributed by atoms with Crippen LogP contribution in [0.2, 0.25) is 0 Å². The summed E-state index contributed by atoms with van der Waals surface area (Å²) in [4.78, 5) is 0.964. The molecule has 8 heteroatoms. The van der Waals surface area contributed by atoms with Gasteiger partial charge in [-0.1, -0.05) is 6.92 Å². The summed E-state index contributed by atoms with van der Waals surface area (Å²) in [6, 6.07) is 3.38. The lowest BCUT2D eigenvalue weighted by molar-refractivity contribution is 0.580. The van der Waals surface area contributed by atoms with Gasteiger partial charge in [0.15, 0.2) is 0 Å². The van der Waals surface area contributed by atoms with E-state index in [-0.39, 0.29) is 5.25 Å². The smallest absolute Gasteiger partial charge is 0.250 e. The van der Waals surface area contributed by atoms with Crippen LogP contribution in [0.25, 0.3) is 0 Å². The molecule has 1 rings (SSSR count). The van der Waals surface area contributed by atoms with E-state index in [1.165, 1.54) is 11.3 Å². The van der Waals surface area contributed by atoms with Gasteiger partial charge in [-0.25, -0.2) is 13.1 Å². The molecule has 5 nitrogen and oxygen atoms in total. The topological polar surface area (TPSA) is 89.3 Å². The van der Waals surface area contributed by atoms with Gasteiger partial charge in [-0.05, 0) is 31.5 Å². The monoisotopic (exact) mass is 324 g/mol. The van der Waals surface area contributed by atoms with Crippen LogP contribution in [0.15, 0.2) is 16.3 Å². The standard InChI is InChI=1S/C11H20N2O3S3/c1-9(18(2)14)6-8-13-19(15,16)11-4-3-10(17-11)5-7-12/h3-4,9,13H,5-8,12H2,1-2H3. The van der Waals surface area contributed by atoms with Crippen molar-refractivity contribution in [2.75, 3.05) is 19.3 Å². The van der Waals surface area contributed by atoms with Gasteiger partial charge in [-0.3, -0.25) is 4.21 Å². The third-order valence-corrected chi connectivity index (χ3v) is 7.17. The largest absolute Gasteiger partial charge is 0.330 e. The lowest BCUT2D eigenvalue weighted by Crippen LogP contribution is -2.27. The van der Waals surface area contributed by atoms with Crippen LogP contribution in [0.1, 0.15) is 18.2 Å². The molecule has 0 radical (unpaired) electrons. The third-order valence-electron chi connectivity index (χ3n) is 2.70. The Kier molecular flexibility index (Phi) is 6.61. The van der Waals surface area contributed by atoms with Crippen molar-refractivity contribution in [2.45, 2.75) is 29.2 Å². The molecular formula is C11H20N2O3S3. The number of hydrogen-bond acceptors (Lipinski definition) is 5. The summed E-state index contributed by atoms with van der Waals surface area (Å²) in [6.45, 7) is 2.65. The van der Waals surface area contributed by atoms with Crippen molar-refractivity contribution in [1.29, 1.82) is 0 Å². The third kappa shape index (κ3) is 5.31. The van der Waals surface area contributed by atoms with Gasteiger partial charge in [0.2, 0.25) is 10.0 Å². The molecule has 2 atom stereocenters. The molecule has 1 aromatic rings. The van der Waals surface area contributed by atoms with Crippen molar-refractivity contribution in [2.24, 2.45) is 5.73 Å². The zero-order chi connectivity index (χ0) is 14.5. The maximum atomic E-state index is 12.0. The second-order valence-electron chi connectivity index (χ2n) is 4.26. The van der Waals surface area contributed by atoms with Crippen molar-refractivity contribution in [1.82, 2.24) is 4.72 Å². The first-order valence-electron chi connectivity index (χ1n) is 5.97. The van der Waals surface area contributed by atoms with Gasteiger partial charge in [0, 0.05) is 33.7 Å². The van der Waals surface area contributed by atoms with Crippen molar-refractivity contribution in [3.05, 3.63) is 17.0 Å². The Morgan fingerprint density at radius 2 is 2.16 bits per heavy atom. The molecule has 2 unspecified atom stereocenters. The molecule has 0 aliphatic rings. The molecule has 1 aromatic heterocycles. The first kappa shape index (κ1) is 16.8. The molecule has 19 heavy (non-hydrogen) atoms. The number of thiophene rings is 1. The Labute approximate surface area is 121 Å². The molecule has 3 N–H and O–H groups in total.